The van der Waals surface area contributed by atoms with Gasteiger partial charge in [0.1, 0.15) is 18.2 Å². The maximum atomic E-state index is 12.9. The summed E-state index contributed by atoms with van der Waals surface area (Å²) in [7, 11) is 1.74. The standard InChI is InChI=1S/C11H16FNO2/c1-8-3-4-9(12)5-11(8)15-7-10(6-14)13-2/h3-5,10,13-14H,6-7H2,1-2H3. The van der Waals surface area contributed by atoms with Gasteiger partial charge in [-0.05, 0) is 25.6 Å². The fraction of sp³-hybridized carbons (Fsp3) is 0.455. The van der Waals surface area contributed by atoms with Crippen molar-refractivity contribution < 1.29 is 14.2 Å². The number of halogens is 1. The molecule has 3 nitrogen and oxygen atoms in total. The predicted octanol–water partition coefficient (Wildman–Crippen LogP) is 1.09. The van der Waals surface area contributed by atoms with Crippen LogP contribution in [0.1, 0.15) is 5.56 Å². The lowest BCUT2D eigenvalue weighted by Gasteiger charge is -2.15. The highest BCUT2D eigenvalue weighted by atomic mass is 19.1. The second-order valence-electron chi connectivity index (χ2n) is 3.39. The summed E-state index contributed by atoms with van der Waals surface area (Å²) in [5, 5.41) is 11.8. The van der Waals surface area contributed by atoms with Crippen molar-refractivity contribution in [2.24, 2.45) is 0 Å². The Bertz CT molecular complexity index is 313. The smallest absolute Gasteiger partial charge is 0.126 e. The second-order valence-corrected chi connectivity index (χ2v) is 3.39. The van der Waals surface area contributed by atoms with Gasteiger partial charge in [0.15, 0.2) is 0 Å². The zero-order chi connectivity index (χ0) is 11.3. The van der Waals surface area contributed by atoms with E-state index in [9.17, 15) is 4.39 Å². The molecule has 0 amide bonds. The van der Waals surface area contributed by atoms with Gasteiger partial charge in [-0.2, -0.15) is 0 Å². The van der Waals surface area contributed by atoms with Crippen LogP contribution >= 0.6 is 0 Å². The summed E-state index contributed by atoms with van der Waals surface area (Å²) in [6, 6.07) is 4.27. The number of benzene rings is 1. The van der Waals surface area contributed by atoms with Crippen molar-refractivity contribution in [3.63, 3.8) is 0 Å². The normalized spacial score (nSPS) is 12.5. The Hall–Kier alpha value is -1.13. The van der Waals surface area contributed by atoms with E-state index in [1.165, 1.54) is 12.1 Å². The van der Waals surface area contributed by atoms with Gasteiger partial charge >= 0.3 is 0 Å². The van der Waals surface area contributed by atoms with Crippen LogP contribution in [-0.4, -0.2) is 31.4 Å². The average molecular weight is 213 g/mol. The van der Waals surface area contributed by atoms with Crippen molar-refractivity contribution in [2.45, 2.75) is 13.0 Å². The topological polar surface area (TPSA) is 41.5 Å². The Labute approximate surface area is 88.9 Å². The third-order valence-corrected chi connectivity index (χ3v) is 2.22. The summed E-state index contributed by atoms with van der Waals surface area (Å²) in [6.45, 7) is 2.16. The van der Waals surface area contributed by atoms with E-state index in [1.54, 1.807) is 13.1 Å². The number of hydrogen-bond donors (Lipinski definition) is 2. The SMILES string of the molecule is CNC(CO)COc1cc(F)ccc1C. The minimum Gasteiger partial charge on any atom is -0.491 e. The molecule has 0 radical (unpaired) electrons. The molecule has 84 valence electrons. The molecule has 1 atom stereocenters. The number of likely N-dealkylation sites (N-methyl/N-ethyl adjacent to an activating group) is 1. The molecule has 0 fully saturated rings. The lowest BCUT2D eigenvalue weighted by molar-refractivity contribution is 0.188. The van der Waals surface area contributed by atoms with E-state index in [-0.39, 0.29) is 18.5 Å². The molecule has 1 aromatic rings. The van der Waals surface area contributed by atoms with Gasteiger partial charge in [0.25, 0.3) is 0 Å². The minimum absolute atomic E-state index is 0.00906. The summed E-state index contributed by atoms with van der Waals surface area (Å²) in [4.78, 5) is 0. The van der Waals surface area contributed by atoms with E-state index in [0.29, 0.717) is 12.4 Å². The van der Waals surface area contributed by atoms with Crippen LogP contribution in [0.3, 0.4) is 0 Å². The molecule has 1 rings (SSSR count). The first-order chi connectivity index (χ1) is 7.17. The summed E-state index contributed by atoms with van der Waals surface area (Å²) < 4.78 is 18.3. The van der Waals surface area contributed by atoms with Crippen molar-refractivity contribution in [1.82, 2.24) is 5.32 Å². The summed E-state index contributed by atoms with van der Waals surface area (Å²) in [5.41, 5.74) is 0.879. The monoisotopic (exact) mass is 213 g/mol. The van der Waals surface area contributed by atoms with E-state index in [4.69, 9.17) is 9.84 Å². The summed E-state index contributed by atoms with van der Waals surface area (Å²) in [6.07, 6.45) is 0. The van der Waals surface area contributed by atoms with Crippen LogP contribution < -0.4 is 10.1 Å². The Balaban J connectivity index is 2.60. The van der Waals surface area contributed by atoms with Crippen LogP contribution in [0.25, 0.3) is 0 Å². The minimum atomic E-state index is -0.319. The molecule has 0 saturated carbocycles. The molecular weight excluding hydrogens is 197 g/mol. The molecule has 0 spiro atoms. The highest BCUT2D eigenvalue weighted by Gasteiger charge is 2.07. The number of nitrogens with one attached hydrogen (secondary N) is 1. The first-order valence-electron chi connectivity index (χ1n) is 4.84. The molecule has 0 aromatic heterocycles. The van der Waals surface area contributed by atoms with E-state index in [1.807, 2.05) is 6.92 Å². The number of aliphatic hydroxyl groups is 1. The maximum Gasteiger partial charge on any atom is 0.126 e. The Morgan fingerprint density at radius 3 is 2.87 bits per heavy atom. The lowest BCUT2D eigenvalue weighted by atomic mass is 10.2. The Morgan fingerprint density at radius 2 is 2.27 bits per heavy atom. The van der Waals surface area contributed by atoms with Crippen LogP contribution in [0.4, 0.5) is 4.39 Å². The van der Waals surface area contributed by atoms with Gasteiger partial charge in [-0.3, -0.25) is 0 Å². The number of hydrogen-bond acceptors (Lipinski definition) is 3. The third-order valence-electron chi connectivity index (χ3n) is 2.22. The molecule has 0 bridgehead atoms. The maximum absolute atomic E-state index is 12.9. The van der Waals surface area contributed by atoms with Gasteiger partial charge in [-0.25, -0.2) is 4.39 Å². The molecule has 0 saturated heterocycles. The van der Waals surface area contributed by atoms with Gasteiger partial charge in [0.2, 0.25) is 0 Å². The fourth-order valence-electron chi connectivity index (χ4n) is 1.15. The van der Waals surface area contributed by atoms with Crippen molar-refractivity contribution in [3.8, 4) is 5.75 Å². The molecule has 0 aliphatic carbocycles. The largest absolute Gasteiger partial charge is 0.491 e. The number of aliphatic hydroxyl groups excluding tert-OH is 1. The van der Waals surface area contributed by atoms with E-state index >= 15 is 0 Å². The third kappa shape index (κ3) is 3.49. The van der Waals surface area contributed by atoms with Crippen LogP contribution in [0, 0.1) is 12.7 Å². The predicted molar refractivity (Wildman–Crippen MR) is 56.6 cm³/mol. The molecule has 1 aromatic carbocycles. The molecule has 0 aliphatic rings. The highest BCUT2D eigenvalue weighted by molar-refractivity contribution is 5.32. The van der Waals surface area contributed by atoms with Gasteiger partial charge in [-0.15, -0.1) is 0 Å². The average Bonchev–Trinajstić information content (AvgIpc) is 2.24. The second kappa shape index (κ2) is 5.68. The summed E-state index contributed by atoms with van der Waals surface area (Å²) in [5.74, 6) is 0.198. The molecular formula is C11H16FNO2. The number of ether oxygens (including phenoxy) is 1. The number of aryl methyl sites for hydroxylation is 1. The van der Waals surface area contributed by atoms with Crippen LogP contribution in [0.2, 0.25) is 0 Å². The number of rotatable bonds is 5. The zero-order valence-corrected chi connectivity index (χ0v) is 8.96. The Morgan fingerprint density at radius 1 is 1.53 bits per heavy atom. The van der Waals surface area contributed by atoms with Gasteiger partial charge in [0, 0.05) is 6.07 Å². The summed E-state index contributed by atoms with van der Waals surface area (Å²) >= 11 is 0. The van der Waals surface area contributed by atoms with Crippen molar-refractivity contribution in [3.05, 3.63) is 29.6 Å². The quantitative estimate of drug-likeness (QED) is 0.769. The molecule has 0 heterocycles. The van der Waals surface area contributed by atoms with Crippen LogP contribution in [0.15, 0.2) is 18.2 Å². The molecule has 2 N–H and O–H groups in total. The zero-order valence-electron chi connectivity index (χ0n) is 8.96. The van der Waals surface area contributed by atoms with Gasteiger partial charge in [-0.1, -0.05) is 6.07 Å². The van der Waals surface area contributed by atoms with Crippen molar-refractivity contribution in [2.75, 3.05) is 20.3 Å². The fourth-order valence-corrected chi connectivity index (χ4v) is 1.15. The van der Waals surface area contributed by atoms with Gasteiger partial charge in [0.05, 0.1) is 12.6 Å². The first-order valence-corrected chi connectivity index (χ1v) is 4.84. The lowest BCUT2D eigenvalue weighted by Crippen LogP contribution is -2.35. The highest BCUT2D eigenvalue weighted by Crippen LogP contribution is 2.18. The Kier molecular flexibility index (Phi) is 4.52. The molecule has 1 unspecified atom stereocenters. The van der Waals surface area contributed by atoms with Crippen molar-refractivity contribution >= 4 is 0 Å². The van der Waals surface area contributed by atoms with Crippen molar-refractivity contribution in [1.29, 1.82) is 0 Å². The van der Waals surface area contributed by atoms with E-state index < -0.39 is 0 Å². The van der Waals surface area contributed by atoms with Gasteiger partial charge < -0.3 is 15.2 Å². The molecule has 0 aliphatic heterocycles. The van der Waals surface area contributed by atoms with E-state index in [0.717, 1.165) is 5.56 Å². The first kappa shape index (κ1) is 11.9. The molecule has 4 heteroatoms. The van der Waals surface area contributed by atoms with Crippen LogP contribution in [0.5, 0.6) is 5.75 Å². The van der Waals surface area contributed by atoms with E-state index in [2.05, 4.69) is 5.32 Å². The molecule has 15 heavy (non-hydrogen) atoms. The van der Waals surface area contributed by atoms with Crippen LogP contribution in [-0.2, 0) is 0 Å².